The fourth-order valence-electron chi connectivity index (χ4n) is 5.38. The van der Waals surface area contributed by atoms with Crippen molar-refractivity contribution in [3.63, 3.8) is 0 Å². The number of nitrogens with zero attached hydrogens (tertiary/aromatic N) is 1. The highest BCUT2D eigenvalue weighted by atomic mass is 15.2. The molecule has 1 saturated heterocycles. The van der Waals surface area contributed by atoms with Crippen molar-refractivity contribution in [2.45, 2.75) is 59.0 Å². The largest absolute Gasteiger partial charge is 0.312 e. The van der Waals surface area contributed by atoms with Crippen LogP contribution < -0.4 is 5.32 Å². The smallest absolute Gasteiger partial charge is 0.0204 e. The number of piperazine rings is 1. The van der Waals surface area contributed by atoms with Crippen molar-refractivity contribution in [1.82, 2.24) is 10.2 Å². The summed E-state index contributed by atoms with van der Waals surface area (Å²) in [6.45, 7) is 13.6. The van der Waals surface area contributed by atoms with Gasteiger partial charge in [0.2, 0.25) is 0 Å². The molecule has 1 aliphatic heterocycles. The van der Waals surface area contributed by atoms with Crippen molar-refractivity contribution in [2.24, 2.45) is 16.7 Å². The molecular weight excluding hydrogens is 208 g/mol. The normalized spacial score (nSPS) is 49.8. The van der Waals surface area contributed by atoms with Gasteiger partial charge >= 0.3 is 0 Å². The Balaban J connectivity index is 1.86. The van der Waals surface area contributed by atoms with Gasteiger partial charge in [-0.3, -0.25) is 4.90 Å². The van der Waals surface area contributed by atoms with E-state index >= 15 is 0 Å². The molecule has 3 aliphatic rings. The fourth-order valence-corrected chi connectivity index (χ4v) is 5.38. The van der Waals surface area contributed by atoms with E-state index in [4.69, 9.17) is 0 Å². The predicted molar refractivity (Wildman–Crippen MR) is 72.1 cm³/mol. The molecule has 2 aliphatic carbocycles. The summed E-state index contributed by atoms with van der Waals surface area (Å²) in [7, 11) is 0. The van der Waals surface area contributed by atoms with Crippen LogP contribution in [0.4, 0.5) is 0 Å². The van der Waals surface area contributed by atoms with E-state index in [9.17, 15) is 0 Å². The average Bonchev–Trinajstić information content (AvgIpc) is 2.68. The molecule has 0 aromatic heterocycles. The van der Waals surface area contributed by atoms with Gasteiger partial charge in [-0.15, -0.1) is 0 Å². The molecule has 4 unspecified atom stereocenters. The average molecular weight is 236 g/mol. The Morgan fingerprint density at radius 2 is 2.00 bits per heavy atom. The van der Waals surface area contributed by atoms with E-state index in [0.717, 1.165) is 12.0 Å². The van der Waals surface area contributed by atoms with Crippen LogP contribution in [0.2, 0.25) is 0 Å². The van der Waals surface area contributed by atoms with Crippen LogP contribution in [0, 0.1) is 16.7 Å². The SMILES string of the molecule is CC1CN(C2C3(C)CCC(C3)C2(C)C)CCN1. The molecule has 2 nitrogen and oxygen atoms in total. The summed E-state index contributed by atoms with van der Waals surface area (Å²) in [5.74, 6) is 0.975. The lowest BCUT2D eigenvalue weighted by Crippen LogP contribution is -2.60. The van der Waals surface area contributed by atoms with Crippen molar-refractivity contribution < 1.29 is 0 Å². The van der Waals surface area contributed by atoms with Gasteiger partial charge in [0.05, 0.1) is 0 Å². The summed E-state index contributed by atoms with van der Waals surface area (Å²) >= 11 is 0. The Morgan fingerprint density at radius 1 is 1.24 bits per heavy atom. The maximum absolute atomic E-state index is 3.58. The predicted octanol–water partition coefficient (Wildman–Crippen LogP) is 2.49. The molecule has 1 heterocycles. The van der Waals surface area contributed by atoms with Gasteiger partial charge in [-0.25, -0.2) is 0 Å². The lowest BCUT2D eigenvalue weighted by molar-refractivity contribution is -0.00977. The maximum atomic E-state index is 3.58. The number of fused-ring (bicyclic) bond motifs is 2. The topological polar surface area (TPSA) is 15.3 Å². The number of nitrogens with one attached hydrogen (secondary N) is 1. The quantitative estimate of drug-likeness (QED) is 0.752. The summed E-state index contributed by atoms with van der Waals surface area (Å²) in [6, 6.07) is 1.49. The second-order valence-corrected chi connectivity index (χ2v) is 7.67. The number of hydrogen-bond donors (Lipinski definition) is 1. The van der Waals surface area contributed by atoms with Crippen molar-refractivity contribution in [1.29, 1.82) is 0 Å². The summed E-state index contributed by atoms with van der Waals surface area (Å²) in [5.41, 5.74) is 1.13. The first-order valence-corrected chi connectivity index (χ1v) is 7.41. The first-order chi connectivity index (χ1) is 7.93. The highest BCUT2D eigenvalue weighted by Crippen LogP contribution is 2.64. The molecule has 0 amide bonds. The van der Waals surface area contributed by atoms with E-state index in [0.29, 0.717) is 16.9 Å². The van der Waals surface area contributed by atoms with Crippen molar-refractivity contribution in [2.75, 3.05) is 19.6 Å². The van der Waals surface area contributed by atoms with Gasteiger partial charge in [0, 0.05) is 31.7 Å². The Kier molecular flexibility index (Phi) is 2.61. The van der Waals surface area contributed by atoms with Crippen LogP contribution in [0.5, 0.6) is 0 Å². The van der Waals surface area contributed by atoms with Crippen molar-refractivity contribution in [3.05, 3.63) is 0 Å². The molecule has 3 fully saturated rings. The van der Waals surface area contributed by atoms with Crippen molar-refractivity contribution in [3.8, 4) is 0 Å². The van der Waals surface area contributed by atoms with Crippen LogP contribution in [0.25, 0.3) is 0 Å². The lowest BCUT2D eigenvalue weighted by atomic mass is 9.67. The van der Waals surface area contributed by atoms with E-state index < -0.39 is 0 Å². The second-order valence-electron chi connectivity index (χ2n) is 7.67. The van der Waals surface area contributed by atoms with E-state index in [1.165, 1.54) is 38.9 Å². The van der Waals surface area contributed by atoms with Gasteiger partial charge in [-0.1, -0.05) is 20.8 Å². The van der Waals surface area contributed by atoms with Gasteiger partial charge in [0.15, 0.2) is 0 Å². The lowest BCUT2D eigenvalue weighted by Gasteiger charge is -2.51. The minimum Gasteiger partial charge on any atom is -0.312 e. The molecule has 4 atom stereocenters. The van der Waals surface area contributed by atoms with E-state index in [1.54, 1.807) is 0 Å². The van der Waals surface area contributed by atoms with Crippen molar-refractivity contribution >= 4 is 0 Å². The molecule has 0 spiro atoms. The zero-order chi connectivity index (χ0) is 12.3. The Morgan fingerprint density at radius 3 is 2.59 bits per heavy atom. The summed E-state index contributed by atoms with van der Waals surface area (Å²) in [4.78, 5) is 2.81. The standard InChI is InChI=1S/C15H28N2/c1-11-10-17(8-7-16-11)13-14(2,3)12-5-6-15(13,4)9-12/h11-13,16H,5-10H2,1-4H3. The molecule has 1 N–H and O–H groups in total. The zero-order valence-electron chi connectivity index (χ0n) is 11.9. The molecule has 2 heteroatoms. The molecule has 17 heavy (non-hydrogen) atoms. The monoisotopic (exact) mass is 236 g/mol. The van der Waals surface area contributed by atoms with Crippen LogP contribution in [-0.2, 0) is 0 Å². The van der Waals surface area contributed by atoms with Gasteiger partial charge in [0.25, 0.3) is 0 Å². The number of rotatable bonds is 1. The Labute approximate surface area is 106 Å². The highest BCUT2D eigenvalue weighted by molar-refractivity contribution is 5.13. The minimum absolute atomic E-state index is 0.532. The molecular formula is C15H28N2. The fraction of sp³-hybridized carbons (Fsp3) is 1.00. The third-order valence-electron chi connectivity index (χ3n) is 5.96. The molecule has 2 saturated carbocycles. The Bertz CT molecular complexity index is 307. The third kappa shape index (κ3) is 1.67. The van der Waals surface area contributed by atoms with Gasteiger partial charge in [-0.05, 0) is 42.9 Å². The molecule has 3 rings (SSSR count). The van der Waals surface area contributed by atoms with Crippen LogP contribution in [0.3, 0.4) is 0 Å². The Hall–Kier alpha value is -0.0800. The second kappa shape index (κ2) is 3.71. The van der Waals surface area contributed by atoms with Gasteiger partial charge in [-0.2, -0.15) is 0 Å². The first-order valence-electron chi connectivity index (χ1n) is 7.41. The molecule has 0 radical (unpaired) electrons. The molecule has 2 bridgehead atoms. The van der Waals surface area contributed by atoms with E-state index in [1.807, 2.05) is 0 Å². The van der Waals surface area contributed by atoms with Crippen LogP contribution >= 0.6 is 0 Å². The molecule has 0 aromatic carbocycles. The van der Waals surface area contributed by atoms with E-state index in [2.05, 4.69) is 37.9 Å². The maximum Gasteiger partial charge on any atom is 0.0204 e. The number of hydrogen-bond acceptors (Lipinski definition) is 2. The summed E-state index contributed by atoms with van der Waals surface area (Å²) < 4.78 is 0. The van der Waals surface area contributed by atoms with E-state index in [-0.39, 0.29) is 0 Å². The summed E-state index contributed by atoms with van der Waals surface area (Å²) in [6.07, 6.45) is 4.41. The minimum atomic E-state index is 0.532. The van der Waals surface area contributed by atoms with Crippen LogP contribution in [0.1, 0.15) is 47.0 Å². The third-order valence-corrected chi connectivity index (χ3v) is 5.96. The summed E-state index contributed by atoms with van der Waals surface area (Å²) in [5, 5.41) is 3.58. The van der Waals surface area contributed by atoms with Crippen LogP contribution in [0.15, 0.2) is 0 Å². The van der Waals surface area contributed by atoms with Crippen LogP contribution in [-0.4, -0.2) is 36.6 Å². The van der Waals surface area contributed by atoms with Gasteiger partial charge < -0.3 is 5.32 Å². The molecule has 0 aromatic rings. The molecule has 98 valence electrons. The first kappa shape index (κ1) is 12.0. The van der Waals surface area contributed by atoms with Gasteiger partial charge in [0.1, 0.15) is 0 Å². The zero-order valence-corrected chi connectivity index (χ0v) is 11.9. The highest BCUT2D eigenvalue weighted by Gasteiger charge is 2.61.